The first-order chi connectivity index (χ1) is 12.5. The molecule has 0 saturated heterocycles. The van der Waals surface area contributed by atoms with E-state index in [1.807, 2.05) is 50.2 Å². The Labute approximate surface area is 157 Å². The monoisotopic (exact) mass is 366 g/mol. The van der Waals surface area contributed by atoms with Crippen LogP contribution in [0.4, 0.5) is 11.5 Å². The lowest BCUT2D eigenvalue weighted by Gasteiger charge is -2.14. The summed E-state index contributed by atoms with van der Waals surface area (Å²) in [5.74, 6) is 0.280. The third-order valence-electron chi connectivity index (χ3n) is 4.01. The molecule has 1 aromatic heterocycles. The number of carbonyl (C=O) groups excluding carboxylic acids is 1. The summed E-state index contributed by atoms with van der Waals surface area (Å²) in [6.07, 6.45) is 0. The van der Waals surface area contributed by atoms with E-state index in [2.05, 4.69) is 20.8 Å². The Morgan fingerprint density at radius 1 is 1.04 bits per heavy atom. The van der Waals surface area contributed by atoms with Crippen LogP contribution in [0.15, 0.2) is 60.7 Å². The van der Waals surface area contributed by atoms with Crippen molar-refractivity contribution in [1.82, 2.24) is 10.2 Å². The molecular formula is C20H19ClN4O. The molecule has 1 amide bonds. The third-order valence-corrected chi connectivity index (χ3v) is 4.24. The number of amides is 1. The molecule has 0 aliphatic heterocycles. The smallest absolute Gasteiger partial charge is 0.276 e. The van der Waals surface area contributed by atoms with E-state index in [4.69, 9.17) is 11.6 Å². The predicted molar refractivity (Wildman–Crippen MR) is 105 cm³/mol. The lowest BCUT2D eigenvalue weighted by molar-refractivity contribution is 0.102. The zero-order valence-electron chi connectivity index (χ0n) is 14.5. The Morgan fingerprint density at radius 3 is 2.50 bits per heavy atom. The molecule has 26 heavy (non-hydrogen) atoms. The first kappa shape index (κ1) is 17.9. The molecular weight excluding hydrogens is 348 g/mol. The fourth-order valence-electron chi connectivity index (χ4n) is 2.49. The van der Waals surface area contributed by atoms with E-state index in [0.717, 1.165) is 11.1 Å². The second-order valence-corrected chi connectivity index (χ2v) is 6.43. The molecule has 3 rings (SSSR count). The standard InChI is InChI=1S/C20H19ClN4O/c1-13-8-9-16(21)12-18(13)23-20(26)17-10-11-19(25-24-17)22-14(2)15-6-4-3-5-7-15/h3-12,14H,1-2H3,(H,22,25)(H,23,26). The van der Waals surface area contributed by atoms with Crippen molar-refractivity contribution in [3.8, 4) is 0 Å². The van der Waals surface area contributed by atoms with Crippen LogP contribution in [-0.4, -0.2) is 16.1 Å². The average molecular weight is 367 g/mol. The van der Waals surface area contributed by atoms with Gasteiger partial charge in [0.25, 0.3) is 5.91 Å². The van der Waals surface area contributed by atoms with E-state index in [0.29, 0.717) is 16.5 Å². The second-order valence-electron chi connectivity index (χ2n) is 5.99. The number of hydrogen-bond acceptors (Lipinski definition) is 4. The maximum Gasteiger partial charge on any atom is 0.276 e. The average Bonchev–Trinajstić information content (AvgIpc) is 2.66. The number of hydrogen-bond donors (Lipinski definition) is 2. The number of benzene rings is 2. The van der Waals surface area contributed by atoms with Crippen molar-refractivity contribution in [3.63, 3.8) is 0 Å². The quantitative estimate of drug-likeness (QED) is 0.676. The highest BCUT2D eigenvalue weighted by Gasteiger charge is 2.11. The molecule has 0 aliphatic rings. The molecule has 132 valence electrons. The Bertz CT molecular complexity index is 897. The summed E-state index contributed by atoms with van der Waals surface area (Å²) in [5, 5.41) is 14.8. The minimum Gasteiger partial charge on any atom is -0.362 e. The molecule has 2 N–H and O–H groups in total. The van der Waals surface area contributed by atoms with Crippen LogP contribution >= 0.6 is 11.6 Å². The SMILES string of the molecule is Cc1ccc(Cl)cc1NC(=O)c1ccc(NC(C)c2ccccc2)nn1. The van der Waals surface area contributed by atoms with Gasteiger partial charge in [0.2, 0.25) is 0 Å². The van der Waals surface area contributed by atoms with E-state index < -0.39 is 0 Å². The van der Waals surface area contributed by atoms with E-state index in [1.54, 1.807) is 24.3 Å². The summed E-state index contributed by atoms with van der Waals surface area (Å²) in [7, 11) is 0. The minimum atomic E-state index is -0.328. The zero-order valence-corrected chi connectivity index (χ0v) is 15.3. The number of halogens is 1. The van der Waals surface area contributed by atoms with Gasteiger partial charge < -0.3 is 10.6 Å². The fourth-order valence-corrected chi connectivity index (χ4v) is 2.66. The van der Waals surface area contributed by atoms with Gasteiger partial charge in [-0.25, -0.2) is 0 Å². The van der Waals surface area contributed by atoms with Gasteiger partial charge in [-0.3, -0.25) is 4.79 Å². The number of aryl methyl sites for hydroxylation is 1. The maximum atomic E-state index is 12.4. The van der Waals surface area contributed by atoms with Gasteiger partial charge in [-0.2, -0.15) is 0 Å². The van der Waals surface area contributed by atoms with Crippen LogP contribution in [-0.2, 0) is 0 Å². The predicted octanol–water partition coefficient (Wildman–Crippen LogP) is 4.86. The van der Waals surface area contributed by atoms with Crippen LogP contribution in [0.3, 0.4) is 0 Å². The molecule has 0 fully saturated rings. The van der Waals surface area contributed by atoms with Gasteiger partial charge >= 0.3 is 0 Å². The topological polar surface area (TPSA) is 66.9 Å². The number of nitrogens with zero attached hydrogens (tertiary/aromatic N) is 2. The largest absolute Gasteiger partial charge is 0.362 e. The van der Waals surface area contributed by atoms with E-state index in [-0.39, 0.29) is 17.6 Å². The fraction of sp³-hybridized carbons (Fsp3) is 0.150. The van der Waals surface area contributed by atoms with Crippen molar-refractivity contribution >= 4 is 29.0 Å². The van der Waals surface area contributed by atoms with Gasteiger partial charge in [0.05, 0.1) is 0 Å². The van der Waals surface area contributed by atoms with Crippen LogP contribution in [0.2, 0.25) is 5.02 Å². The molecule has 1 atom stereocenters. The van der Waals surface area contributed by atoms with E-state index in [1.165, 1.54) is 0 Å². The number of aromatic nitrogens is 2. The van der Waals surface area contributed by atoms with Crippen LogP contribution in [0, 0.1) is 6.92 Å². The normalized spacial score (nSPS) is 11.7. The highest BCUT2D eigenvalue weighted by Crippen LogP contribution is 2.21. The van der Waals surface area contributed by atoms with Crippen LogP contribution in [0.25, 0.3) is 0 Å². The minimum absolute atomic E-state index is 0.0827. The zero-order chi connectivity index (χ0) is 18.5. The molecule has 0 bridgehead atoms. The summed E-state index contributed by atoms with van der Waals surface area (Å²) < 4.78 is 0. The highest BCUT2D eigenvalue weighted by molar-refractivity contribution is 6.31. The summed E-state index contributed by atoms with van der Waals surface area (Å²) in [6.45, 7) is 3.94. The first-order valence-electron chi connectivity index (χ1n) is 8.25. The Hall–Kier alpha value is -2.92. The lowest BCUT2D eigenvalue weighted by atomic mass is 10.1. The van der Waals surface area contributed by atoms with Crippen molar-refractivity contribution in [3.05, 3.63) is 82.5 Å². The van der Waals surface area contributed by atoms with Crippen LogP contribution < -0.4 is 10.6 Å². The highest BCUT2D eigenvalue weighted by atomic mass is 35.5. The number of anilines is 2. The maximum absolute atomic E-state index is 12.4. The molecule has 6 heteroatoms. The molecule has 0 radical (unpaired) electrons. The lowest BCUT2D eigenvalue weighted by Crippen LogP contribution is -2.16. The van der Waals surface area contributed by atoms with Gasteiger partial charge in [-0.15, -0.1) is 10.2 Å². The molecule has 3 aromatic rings. The van der Waals surface area contributed by atoms with E-state index in [9.17, 15) is 4.79 Å². The van der Waals surface area contributed by atoms with Crippen molar-refractivity contribution in [2.24, 2.45) is 0 Å². The van der Waals surface area contributed by atoms with Gasteiger partial charge in [-0.1, -0.05) is 48.0 Å². The van der Waals surface area contributed by atoms with Crippen molar-refractivity contribution in [2.75, 3.05) is 10.6 Å². The van der Waals surface area contributed by atoms with E-state index >= 15 is 0 Å². The van der Waals surface area contributed by atoms with Crippen molar-refractivity contribution in [2.45, 2.75) is 19.9 Å². The number of carbonyl (C=O) groups is 1. The van der Waals surface area contributed by atoms with Gasteiger partial charge in [-0.05, 0) is 49.2 Å². The van der Waals surface area contributed by atoms with Crippen LogP contribution in [0.5, 0.6) is 0 Å². The Morgan fingerprint density at radius 2 is 1.81 bits per heavy atom. The summed E-state index contributed by atoms with van der Waals surface area (Å²) in [6, 6.07) is 18.8. The van der Waals surface area contributed by atoms with Crippen LogP contribution in [0.1, 0.15) is 34.6 Å². The second kappa shape index (κ2) is 7.97. The number of nitrogens with one attached hydrogen (secondary N) is 2. The Balaban J connectivity index is 1.67. The summed E-state index contributed by atoms with van der Waals surface area (Å²) in [5.41, 5.74) is 2.96. The molecule has 5 nitrogen and oxygen atoms in total. The summed E-state index contributed by atoms with van der Waals surface area (Å²) >= 11 is 5.98. The molecule has 0 spiro atoms. The third kappa shape index (κ3) is 4.37. The number of rotatable bonds is 5. The van der Waals surface area contributed by atoms with Gasteiger partial charge in [0.15, 0.2) is 5.69 Å². The van der Waals surface area contributed by atoms with Crippen molar-refractivity contribution < 1.29 is 4.79 Å². The molecule has 1 heterocycles. The summed E-state index contributed by atoms with van der Waals surface area (Å²) in [4.78, 5) is 12.4. The Kier molecular flexibility index (Phi) is 5.49. The van der Waals surface area contributed by atoms with Gasteiger partial charge in [0.1, 0.15) is 5.82 Å². The molecule has 0 aliphatic carbocycles. The molecule has 0 saturated carbocycles. The molecule has 2 aromatic carbocycles. The molecule has 1 unspecified atom stereocenters. The van der Waals surface area contributed by atoms with Crippen molar-refractivity contribution in [1.29, 1.82) is 0 Å². The van der Waals surface area contributed by atoms with Gasteiger partial charge in [0, 0.05) is 16.8 Å². The first-order valence-corrected chi connectivity index (χ1v) is 8.63.